The third-order valence-electron chi connectivity index (χ3n) is 3.74. The summed E-state index contributed by atoms with van der Waals surface area (Å²) in [6.45, 7) is 8.98. The number of ether oxygens (including phenoxy) is 1. The molecule has 2 heterocycles. The summed E-state index contributed by atoms with van der Waals surface area (Å²) >= 11 is 6.14. The van der Waals surface area contributed by atoms with Crippen molar-refractivity contribution in [2.24, 2.45) is 0 Å². The maximum absolute atomic E-state index is 6.14. The van der Waals surface area contributed by atoms with Crippen LogP contribution in [0.15, 0.2) is 0 Å². The van der Waals surface area contributed by atoms with Gasteiger partial charge in [-0.05, 0) is 27.2 Å². The van der Waals surface area contributed by atoms with E-state index in [1.165, 1.54) is 0 Å². The molecule has 18 heavy (non-hydrogen) atoms. The maximum atomic E-state index is 6.14. The number of halogens is 1. The normalized spacial score (nSPS) is 27.5. The van der Waals surface area contributed by atoms with Gasteiger partial charge in [-0.15, -0.1) is 0 Å². The molecule has 1 aliphatic heterocycles. The van der Waals surface area contributed by atoms with Crippen LogP contribution in [0.5, 0.6) is 0 Å². The Labute approximate surface area is 113 Å². The average Bonchev–Trinajstić information content (AvgIpc) is 2.65. The van der Waals surface area contributed by atoms with Crippen molar-refractivity contribution >= 4 is 17.4 Å². The summed E-state index contributed by atoms with van der Waals surface area (Å²) < 4.78 is 5.63. The van der Waals surface area contributed by atoms with E-state index in [2.05, 4.69) is 29.1 Å². The van der Waals surface area contributed by atoms with Gasteiger partial charge in [-0.1, -0.05) is 18.5 Å². The van der Waals surface area contributed by atoms with Gasteiger partial charge in [0.1, 0.15) is 16.8 Å². The summed E-state index contributed by atoms with van der Waals surface area (Å²) in [4.78, 5) is 8.78. The summed E-state index contributed by atoms with van der Waals surface area (Å²) in [5, 5.41) is 4.02. The number of hydrogen-bond acceptors (Lipinski definition) is 4. The summed E-state index contributed by atoms with van der Waals surface area (Å²) in [5.41, 5.74) is 0.808. The van der Waals surface area contributed by atoms with Crippen LogP contribution in [0.3, 0.4) is 0 Å². The van der Waals surface area contributed by atoms with Crippen molar-refractivity contribution in [3.8, 4) is 0 Å². The molecule has 1 fully saturated rings. The Morgan fingerprint density at radius 1 is 1.50 bits per heavy atom. The van der Waals surface area contributed by atoms with Crippen molar-refractivity contribution in [1.82, 2.24) is 9.97 Å². The Hall–Kier alpha value is -0.870. The highest BCUT2D eigenvalue weighted by Crippen LogP contribution is 2.31. The quantitative estimate of drug-likeness (QED) is 0.857. The lowest BCUT2D eigenvalue weighted by Crippen LogP contribution is -2.41. The molecule has 5 heteroatoms. The van der Waals surface area contributed by atoms with Crippen LogP contribution in [0, 0.1) is 6.92 Å². The van der Waals surface area contributed by atoms with E-state index in [9.17, 15) is 0 Å². The average molecular weight is 270 g/mol. The molecule has 0 saturated carbocycles. The zero-order valence-electron chi connectivity index (χ0n) is 11.4. The van der Waals surface area contributed by atoms with Crippen LogP contribution in [-0.4, -0.2) is 28.2 Å². The first-order valence-corrected chi connectivity index (χ1v) is 6.77. The van der Waals surface area contributed by atoms with Gasteiger partial charge < -0.3 is 10.1 Å². The minimum Gasteiger partial charge on any atom is -0.376 e. The molecule has 0 aromatic carbocycles. The second-order valence-electron chi connectivity index (χ2n) is 5.06. The van der Waals surface area contributed by atoms with Gasteiger partial charge in [-0.2, -0.15) is 0 Å². The number of hydrogen-bond donors (Lipinski definition) is 1. The third kappa shape index (κ3) is 2.45. The molecule has 0 radical (unpaired) electrons. The number of nitrogens with zero attached hydrogens (tertiary/aromatic N) is 2. The zero-order chi connectivity index (χ0) is 13.3. The van der Waals surface area contributed by atoms with Crippen molar-refractivity contribution < 1.29 is 4.74 Å². The first-order valence-electron chi connectivity index (χ1n) is 6.39. The molecule has 0 bridgehead atoms. The Morgan fingerprint density at radius 2 is 2.22 bits per heavy atom. The van der Waals surface area contributed by atoms with Crippen LogP contribution in [0.2, 0.25) is 5.15 Å². The van der Waals surface area contributed by atoms with Crippen molar-refractivity contribution in [2.45, 2.75) is 52.2 Å². The molecule has 0 amide bonds. The molecule has 2 rings (SSSR count). The van der Waals surface area contributed by atoms with Gasteiger partial charge in [0.25, 0.3) is 0 Å². The number of nitrogens with one attached hydrogen (secondary N) is 1. The largest absolute Gasteiger partial charge is 0.376 e. The van der Waals surface area contributed by atoms with Crippen molar-refractivity contribution in [2.75, 3.05) is 11.9 Å². The van der Waals surface area contributed by atoms with Gasteiger partial charge in [0, 0.05) is 18.6 Å². The first-order chi connectivity index (χ1) is 8.46. The van der Waals surface area contributed by atoms with Crippen molar-refractivity contribution in [1.29, 1.82) is 0 Å². The molecular formula is C13H20ClN3O. The van der Waals surface area contributed by atoms with Gasteiger partial charge in [0.2, 0.25) is 0 Å². The maximum Gasteiger partial charge on any atom is 0.137 e. The number of aromatic nitrogens is 2. The zero-order valence-corrected chi connectivity index (χ0v) is 12.1. The van der Waals surface area contributed by atoms with E-state index in [-0.39, 0.29) is 11.6 Å². The predicted octanol–water partition coefficient (Wildman–Crippen LogP) is 2.98. The standard InChI is InChI=1S/C13H20ClN3O/c1-5-10-15-11(14)8(2)12(16-10)17-13(4)6-7-18-9(13)3/h9H,5-7H2,1-4H3,(H,15,16,17). The van der Waals surface area contributed by atoms with Gasteiger partial charge in [0.15, 0.2) is 0 Å². The smallest absolute Gasteiger partial charge is 0.137 e. The van der Waals surface area contributed by atoms with Crippen LogP contribution in [-0.2, 0) is 11.2 Å². The van der Waals surface area contributed by atoms with Gasteiger partial charge in [-0.3, -0.25) is 0 Å². The second kappa shape index (κ2) is 5.02. The van der Waals surface area contributed by atoms with Crippen molar-refractivity contribution in [3.63, 3.8) is 0 Å². The van der Waals surface area contributed by atoms with Crippen LogP contribution in [0.4, 0.5) is 5.82 Å². The highest BCUT2D eigenvalue weighted by molar-refractivity contribution is 6.30. The summed E-state index contributed by atoms with van der Waals surface area (Å²) in [5.74, 6) is 1.59. The Balaban J connectivity index is 2.31. The van der Waals surface area contributed by atoms with Crippen LogP contribution >= 0.6 is 11.6 Å². The molecule has 0 aliphatic carbocycles. The molecular weight excluding hydrogens is 250 g/mol. The Morgan fingerprint density at radius 3 is 2.78 bits per heavy atom. The van der Waals surface area contributed by atoms with E-state index in [0.717, 1.165) is 36.7 Å². The topological polar surface area (TPSA) is 47.0 Å². The highest BCUT2D eigenvalue weighted by atomic mass is 35.5. The van der Waals surface area contributed by atoms with Gasteiger partial charge in [0.05, 0.1) is 11.6 Å². The molecule has 1 aliphatic rings. The van der Waals surface area contributed by atoms with E-state index in [4.69, 9.17) is 16.3 Å². The molecule has 2 unspecified atom stereocenters. The fourth-order valence-corrected chi connectivity index (χ4v) is 2.27. The Bertz CT molecular complexity index is 452. The predicted molar refractivity (Wildman–Crippen MR) is 73.2 cm³/mol. The van der Waals surface area contributed by atoms with Crippen LogP contribution < -0.4 is 5.32 Å². The van der Waals surface area contributed by atoms with Crippen molar-refractivity contribution in [3.05, 3.63) is 16.5 Å². The third-order valence-corrected chi connectivity index (χ3v) is 4.11. The van der Waals surface area contributed by atoms with Crippen LogP contribution in [0.25, 0.3) is 0 Å². The minimum atomic E-state index is -0.0898. The van der Waals surface area contributed by atoms with Gasteiger partial charge in [-0.25, -0.2) is 9.97 Å². The fourth-order valence-electron chi connectivity index (χ4n) is 2.08. The second-order valence-corrected chi connectivity index (χ2v) is 5.42. The summed E-state index contributed by atoms with van der Waals surface area (Å²) in [7, 11) is 0. The molecule has 100 valence electrons. The van der Waals surface area contributed by atoms with Gasteiger partial charge >= 0.3 is 0 Å². The highest BCUT2D eigenvalue weighted by Gasteiger charge is 2.37. The lowest BCUT2D eigenvalue weighted by atomic mass is 9.94. The first kappa shape index (κ1) is 13.6. The Kier molecular flexibility index (Phi) is 3.78. The number of aryl methyl sites for hydroxylation is 1. The summed E-state index contributed by atoms with van der Waals surface area (Å²) in [6, 6.07) is 0. The molecule has 1 aromatic heterocycles. The number of anilines is 1. The fraction of sp³-hybridized carbons (Fsp3) is 0.692. The molecule has 4 nitrogen and oxygen atoms in total. The van der Waals surface area contributed by atoms with Crippen LogP contribution in [0.1, 0.15) is 38.6 Å². The summed E-state index contributed by atoms with van der Waals surface area (Å²) in [6.07, 6.45) is 1.91. The molecule has 0 spiro atoms. The molecule has 1 saturated heterocycles. The SMILES string of the molecule is CCc1nc(Cl)c(C)c(NC2(C)CCOC2C)n1. The lowest BCUT2D eigenvalue weighted by molar-refractivity contribution is 0.105. The van der Waals surface area contributed by atoms with E-state index in [1.54, 1.807) is 0 Å². The molecule has 2 atom stereocenters. The number of rotatable bonds is 3. The monoisotopic (exact) mass is 269 g/mol. The van der Waals surface area contributed by atoms with E-state index < -0.39 is 0 Å². The molecule has 1 aromatic rings. The molecule has 1 N–H and O–H groups in total. The van der Waals surface area contributed by atoms with E-state index >= 15 is 0 Å². The lowest BCUT2D eigenvalue weighted by Gasteiger charge is -2.30. The van der Waals surface area contributed by atoms with E-state index in [0.29, 0.717) is 5.15 Å². The van der Waals surface area contributed by atoms with E-state index in [1.807, 2.05) is 13.8 Å². The minimum absolute atomic E-state index is 0.0898.